The summed E-state index contributed by atoms with van der Waals surface area (Å²) in [5, 5.41) is 13.6. The lowest BCUT2D eigenvalue weighted by Gasteiger charge is -2.31. The highest BCUT2D eigenvalue weighted by atomic mass is 32.2. The topological polar surface area (TPSA) is 115 Å². The molecule has 1 aromatic heterocycles. The Labute approximate surface area is 153 Å². The average molecular weight is 384 g/mol. The number of carbonyl (C=O) groups is 1. The van der Waals surface area contributed by atoms with Crippen LogP contribution in [0.2, 0.25) is 0 Å². The summed E-state index contributed by atoms with van der Waals surface area (Å²) in [5.41, 5.74) is 0.719. The summed E-state index contributed by atoms with van der Waals surface area (Å²) in [6, 6.07) is 2.04. The fourth-order valence-electron chi connectivity index (χ4n) is 2.76. The minimum Gasteiger partial charge on any atom is -0.449 e. The highest BCUT2D eigenvalue weighted by Crippen LogP contribution is 2.25. The van der Waals surface area contributed by atoms with Crippen molar-refractivity contribution in [1.29, 1.82) is 5.26 Å². The second-order valence-corrected chi connectivity index (χ2v) is 7.87. The van der Waals surface area contributed by atoms with Gasteiger partial charge in [-0.3, -0.25) is 8.86 Å². The zero-order chi connectivity index (χ0) is 19.2. The Morgan fingerprint density at radius 1 is 1.42 bits per heavy atom. The smallest absolute Gasteiger partial charge is 0.409 e. The first kappa shape index (κ1) is 20.2. The van der Waals surface area contributed by atoms with Crippen LogP contribution >= 0.6 is 0 Å². The highest BCUT2D eigenvalue weighted by Gasteiger charge is 2.27. The van der Waals surface area contributed by atoms with Gasteiger partial charge in [-0.2, -0.15) is 18.8 Å². The zero-order valence-electron chi connectivity index (χ0n) is 15.0. The van der Waals surface area contributed by atoms with E-state index < -0.39 is 10.1 Å². The minimum atomic E-state index is -3.59. The van der Waals surface area contributed by atoms with Crippen LogP contribution in [0.3, 0.4) is 0 Å². The van der Waals surface area contributed by atoms with Gasteiger partial charge in [-0.25, -0.2) is 4.79 Å². The van der Waals surface area contributed by atoms with Crippen LogP contribution < -0.4 is 0 Å². The molecule has 10 heteroatoms. The first-order valence-electron chi connectivity index (χ1n) is 8.58. The number of hydrogen-bond acceptors (Lipinski definition) is 7. The van der Waals surface area contributed by atoms with Crippen molar-refractivity contribution in [2.75, 3.05) is 26.0 Å². The van der Waals surface area contributed by atoms with Gasteiger partial charge in [0.2, 0.25) is 0 Å². The van der Waals surface area contributed by atoms with Gasteiger partial charge >= 0.3 is 6.09 Å². The van der Waals surface area contributed by atoms with Crippen molar-refractivity contribution in [3.63, 3.8) is 0 Å². The number of rotatable bonds is 7. The van der Waals surface area contributed by atoms with Gasteiger partial charge in [-0.05, 0) is 19.3 Å². The Hall–Kier alpha value is -2.12. The second kappa shape index (κ2) is 9.00. The summed E-state index contributed by atoms with van der Waals surface area (Å²) < 4.78 is 33.8. The summed E-state index contributed by atoms with van der Waals surface area (Å²) >= 11 is 0. The molecule has 0 N–H and O–H groups in total. The molecular formula is C16H24N4O5S. The molecule has 1 fully saturated rings. The van der Waals surface area contributed by atoms with E-state index in [4.69, 9.17) is 8.92 Å². The Kier molecular flexibility index (Phi) is 6.99. The third-order valence-electron chi connectivity index (χ3n) is 4.20. The van der Waals surface area contributed by atoms with E-state index in [-0.39, 0.29) is 24.4 Å². The number of piperidine rings is 1. The summed E-state index contributed by atoms with van der Waals surface area (Å²) in [4.78, 5) is 13.6. The van der Waals surface area contributed by atoms with Crippen LogP contribution in [0.5, 0.6) is 0 Å². The second-order valence-electron chi connectivity index (χ2n) is 6.23. The Balaban J connectivity index is 1.96. The van der Waals surface area contributed by atoms with Gasteiger partial charge < -0.3 is 9.64 Å². The molecule has 0 unspecified atom stereocenters. The molecule has 9 nitrogen and oxygen atoms in total. The molecule has 0 radical (unpaired) electrons. The van der Waals surface area contributed by atoms with Gasteiger partial charge in [-0.15, -0.1) is 0 Å². The number of hydrogen-bond donors (Lipinski definition) is 0. The zero-order valence-corrected chi connectivity index (χ0v) is 15.9. The van der Waals surface area contributed by atoms with Crippen LogP contribution in [0.4, 0.5) is 4.79 Å². The van der Waals surface area contributed by atoms with Crippen molar-refractivity contribution in [3.8, 4) is 6.07 Å². The lowest BCUT2D eigenvalue weighted by molar-refractivity contribution is 0.0864. The van der Waals surface area contributed by atoms with Crippen molar-refractivity contribution >= 4 is 16.2 Å². The predicted molar refractivity (Wildman–Crippen MR) is 92.7 cm³/mol. The van der Waals surface area contributed by atoms with Gasteiger partial charge in [0.1, 0.15) is 11.8 Å². The first-order valence-corrected chi connectivity index (χ1v) is 10.4. The largest absolute Gasteiger partial charge is 0.449 e. The number of likely N-dealkylation sites (tertiary alicyclic amines) is 1. The molecule has 0 saturated carbocycles. The number of carbonyl (C=O) groups excluding carboxylic acids is 1. The third kappa shape index (κ3) is 5.44. The van der Waals surface area contributed by atoms with Gasteiger partial charge in [0.15, 0.2) is 0 Å². The van der Waals surface area contributed by atoms with Crippen LogP contribution in [-0.2, 0) is 25.6 Å². The third-order valence-corrected chi connectivity index (χ3v) is 4.74. The summed E-state index contributed by atoms with van der Waals surface area (Å²) in [6.45, 7) is 3.29. The maximum Gasteiger partial charge on any atom is 0.409 e. The normalized spacial score (nSPS) is 15.7. The number of aromatic nitrogens is 2. The van der Waals surface area contributed by atoms with E-state index in [1.807, 2.05) is 6.92 Å². The van der Waals surface area contributed by atoms with Crippen molar-refractivity contribution in [1.82, 2.24) is 14.7 Å². The van der Waals surface area contributed by atoms with Crippen LogP contribution in [0, 0.1) is 11.3 Å². The molecule has 0 aromatic carbocycles. The lowest BCUT2D eigenvalue weighted by Crippen LogP contribution is -2.39. The molecule has 144 valence electrons. The molecular weight excluding hydrogens is 360 g/mol. The summed E-state index contributed by atoms with van der Waals surface area (Å²) in [6.07, 6.45) is 5.21. The first-order chi connectivity index (χ1) is 12.4. The molecule has 1 aromatic rings. The monoisotopic (exact) mass is 384 g/mol. The van der Waals surface area contributed by atoms with Crippen molar-refractivity contribution in [2.24, 2.45) is 0 Å². The summed E-state index contributed by atoms with van der Waals surface area (Å²) in [7, 11) is -3.59. The number of nitrogens with zero attached hydrogens (tertiary/aromatic N) is 4. The Morgan fingerprint density at radius 3 is 2.69 bits per heavy atom. The molecule has 1 saturated heterocycles. The molecule has 26 heavy (non-hydrogen) atoms. The standard InChI is InChI=1S/C16H24N4O5S/c1-3-4-9-24-16(21)19-7-5-14(6-8-19)20-15(10-17)13(11-18-20)12-25-26(2,22)23/h11,14H,3-9,12H2,1-2H3. The van der Waals surface area contributed by atoms with Gasteiger partial charge in [0.25, 0.3) is 10.1 Å². The molecule has 0 bridgehead atoms. The maximum atomic E-state index is 12.0. The van der Waals surface area contributed by atoms with Gasteiger partial charge in [0.05, 0.1) is 31.7 Å². The number of ether oxygens (including phenoxy) is 1. The maximum absolute atomic E-state index is 12.0. The molecule has 1 amide bonds. The molecule has 0 atom stereocenters. The number of nitriles is 1. The number of unbranched alkanes of at least 4 members (excludes halogenated alkanes) is 1. The molecule has 1 aliphatic rings. The van der Waals surface area contributed by atoms with E-state index in [0.29, 0.717) is 38.1 Å². The van der Waals surface area contributed by atoms with Crippen LogP contribution in [0.25, 0.3) is 0 Å². The molecule has 2 rings (SSSR count). The van der Waals surface area contributed by atoms with Crippen LogP contribution in [-0.4, -0.2) is 55.1 Å². The molecule has 0 spiro atoms. The van der Waals surface area contributed by atoms with E-state index >= 15 is 0 Å². The van der Waals surface area contributed by atoms with E-state index in [1.165, 1.54) is 6.20 Å². The van der Waals surface area contributed by atoms with Gasteiger partial charge in [0, 0.05) is 18.7 Å². The Morgan fingerprint density at radius 2 is 2.12 bits per heavy atom. The Bertz CT molecular complexity index is 760. The predicted octanol–water partition coefficient (Wildman–Crippen LogP) is 1.80. The fourth-order valence-corrected chi connectivity index (χ4v) is 3.10. The quantitative estimate of drug-likeness (QED) is 0.520. The molecule has 0 aliphatic carbocycles. The van der Waals surface area contributed by atoms with Crippen LogP contribution in [0.15, 0.2) is 6.20 Å². The van der Waals surface area contributed by atoms with E-state index in [1.54, 1.807) is 9.58 Å². The average Bonchev–Trinajstić information content (AvgIpc) is 3.02. The van der Waals surface area contributed by atoms with E-state index in [0.717, 1.165) is 19.1 Å². The summed E-state index contributed by atoms with van der Waals surface area (Å²) in [5.74, 6) is 0. The van der Waals surface area contributed by atoms with Crippen molar-refractivity contribution < 1.29 is 22.1 Å². The van der Waals surface area contributed by atoms with Crippen molar-refractivity contribution in [2.45, 2.75) is 45.3 Å². The minimum absolute atomic E-state index is 0.0312. The SMILES string of the molecule is CCCCOC(=O)N1CCC(n2ncc(COS(C)(=O)=O)c2C#N)CC1. The van der Waals surface area contributed by atoms with Crippen LogP contribution in [0.1, 0.15) is 49.9 Å². The molecule has 1 aliphatic heterocycles. The van der Waals surface area contributed by atoms with E-state index in [9.17, 15) is 18.5 Å². The number of amides is 1. The van der Waals surface area contributed by atoms with E-state index in [2.05, 4.69) is 11.2 Å². The molecule has 2 heterocycles. The highest BCUT2D eigenvalue weighted by molar-refractivity contribution is 7.85. The fraction of sp³-hybridized carbons (Fsp3) is 0.688. The van der Waals surface area contributed by atoms with Gasteiger partial charge in [-0.1, -0.05) is 13.3 Å². The van der Waals surface area contributed by atoms with Crippen molar-refractivity contribution in [3.05, 3.63) is 17.5 Å². The lowest BCUT2D eigenvalue weighted by atomic mass is 10.1.